The molecule has 0 saturated carbocycles. The van der Waals surface area contributed by atoms with Gasteiger partial charge in [-0.1, -0.05) is 31.2 Å². The monoisotopic (exact) mass is 345 g/mol. The highest BCUT2D eigenvalue weighted by Crippen LogP contribution is 2.17. The second-order valence-electron chi connectivity index (χ2n) is 7.00. The summed E-state index contributed by atoms with van der Waals surface area (Å²) < 4.78 is 0. The summed E-state index contributed by atoms with van der Waals surface area (Å²) in [6, 6.07) is 7.72. The summed E-state index contributed by atoms with van der Waals surface area (Å²) in [5, 5.41) is 5.59. The van der Waals surface area contributed by atoms with E-state index < -0.39 is 5.54 Å². The summed E-state index contributed by atoms with van der Waals surface area (Å²) in [5.74, 6) is -0.333. The van der Waals surface area contributed by atoms with E-state index in [9.17, 15) is 14.4 Å². The number of hydrogen-bond donors (Lipinski definition) is 2. The van der Waals surface area contributed by atoms with Gasteiger partial charge < -0.3 is 10.6 Å². The topological polar surface area (TPSA) is 78.5 Å². The minimum absolute atomic E-state index is 0.0749. The Balaban J connectivity index is 1.78. The molecule has 0 radical (unpaired) electrons. The van der Waals surface area contributed by atoms with E-state index in [1.54, 1.807) is 13.8 Å². The Kier molecular flexibility index (Phi) is 5.82. The predicted octanol–water partition coefficient (Wildman–Crippen LogP) is 2.54. The van der Waals surface area contributed by atoms with E-state index in [1.165, 1.54) is 10.5 Å². The Morgan fingerprint density at radius 3 is 2.40 bits per heavy atom. The Hall–Kier alpha value is -2.37. The maximum Gasteiger partial charge on any atom is 0.325 e. The molecule has 0 aromatic heterocycles. The third-order valence-corrected chi connectivity index (χ3v) is 4.50. The van der Waals surface area contributed by atoms with E-state index >= 15 is 0 Å². The molecule has 1 fully saturated rings. The van der Waals surface area contributed by atoms with Crippen LogP contribution in [0.1, 0.15) is 57.7 Å². The first-order valence-corrected chi connectivity index (χ1v) is 8.77. The highest BCUT2D eigenvalue weighted by atomic mass is 16.2. The van der Waals surface area contributed by atoms with E-state index in [4.69, 9.17) is 0 Å². The first kappa shape index (κ1) is 19.0. The molecule has 25 heavy (non-hydrogen) atoms. The molecule has 1 aromatic rings. The maximum absolute atomic E-state index is 12.1. The molecular weight excluding hydrogens is 318 g/mol. The van der Waals surface area contributed by atoms with E-state index in [1.807, 2.05) is 19.1 Å². The number of aryl methyl sites for hydroxylation is 1. The van der Waals surface area contributed by atoms with Gasteiger partial charge in [0.25, 0.3) is 5.91 Å². The van der Waals surface area contributed by atoms with Crippen LogP contribution in [0.5, 0.6) is 0 Å². The zero-order valence-corrected chi connectivity index (χ0v) is 15.4. The van der Waals surface area contributed by atoms with Crippen LogP contribution in [0.4, 0.5) is 4.79 Å². The number of carbonyl (C=O) groups excluding carboxylic acids is 3. The minimum Gasteiger partial charge on any atom is -0.350 e. The average Bonchev–Trinajstić information content (AvgIpc) is 2.76. The highest BCUT2D eigenvalue weighted by molar-refractivity contribution is 6.06. The van der Waals surface area contributed by atoms with Crippen LogP contribution in [0.3, 0.4) is 0 Å². The molecule has 1 atom stereocenters. The van der Waals surface area contributed by atoms with Gasteiger partial charge in [0.1, 0.15) is 5.54 Å². The number of nitrogens with zero attached hydrogens (tertiary/aromatic N) is 1. The zero-order chi connectivity index (χ0) is 18.6. The summed E-state index contributed by atoms with van der Waals surface area (Å²) in [6.45, 7) is 7.64. The molecule has 0 spiro atoms. The molecule has 6 nitrogen and oxygen atoms in total. The van der Waals surface area contributed by atoms with Crippen molar-refractivity contribution in [3.05, 3.63) is 35.4 Å². The standard InChI is InChI=1S/C19H27N3O3/c1-5-14-8-10-15(11-9-14)13(2)20-16(23)7-6-12-22-17(24)19(3,4)21-18(22)25/h8-11,13H,5-7,12H2,1-4H3,(H,20,23)(H,21,25)/t13-/m0/s1. The molecule has 4 amide bonds. The van der Waals surface area contributed by atoms with Gasteiger partial charge in [-0.25, -0.2) is 4.79 Å². The highest BCUT2D eigenvalue weighted by Gasteiger charge is 2.43. The molecule has 1 saturated heterocycles. The van der Waals surface area contributed by atoms with Crippen molar-refractivity contribution in [3.8, 4) is 0 Å². The van der Waals surface area contributed by atoms with Crippen LogP contribution in [0, 0.1) is 0 Å². The fraction of sp³-hybridized carbons (Fsp3) is 0.526. The summed E-state index contributed by atoms with van der Waals surface area (Å²) in [4.78, 5) is 37.1. The zero-order valence-electron chi connectivity index (χ0n) is 15.4. The number of nitrogens with one attached hydrogen (secondary N) is 2. The lowest BCUT2D eigenvalue weighted by atomic mass is 10.0. The average molecular weight is 345 g/mol. The summed E-state index contributed by atoms with van der Waals surface area (Å²) in [6.07, 6.45) is 1.71. The van der Waals surface area contributed by atoms with Crippen molar-refractivity contribution in [2.24, 2.45) is 0 Å². The van der Waals surface area contributed by atoms with E-state index in [0.717, 1.165) is 12.0 Å². The van der Waals surface area contributed by atoms with Crippen molar-refractivity contribution in [2.75, 3.05) is 6.54 Å². The van der Waals surface area contributed by atoms with Crippen molar-refractivity contribution in [1.29, 1.82) is 0 Å². The van der Waals surface area contributed by atoms with Crippen LogP contribution in [-0.4, -0.2) is 34.8 Å². The van der Waals surface area contributed by atoms with Crippen LogP contribution in [0.15, 0.2) is 24.3 Å². The lowest BCUT2D eigenvalue weighted by Crippen LogP contribution is -2.40. The fourth-order valence-electron chi connectivity index (χ4n) is 2.86. The minimum atomic E-state index is -0.863. The number of carbonyl (C=O) groups is 3. The molecule has 1 heterocycles. The Morgan fingerprint density at radius 1 is 1.24 bits per heavy atom. The summed E-state index contributed by atoms with van der Waals surface area (Å²) >= 11 is 0. The fourth-order valence-corrected chi connectivity index (χ4v) is 2.86. The van der Waals surface area contributed by atoms with Crippen molar-refractivity contribution in [3.63, 3.8) is 0 Å². The Morgan fingerprint density at radius 2 is 1.88 bits per heavy atom. The van der Waals surface area contributed by atoms with Crippen molar-refractivity contribution in [1.82, 2.24) is 15.5 Å². The molecule has 0 unspecified atom stereocenters. The lowest BCUT2D eigenvalue weighted by Gasteiger charge is -2.17. The van der Waals surface area contributed by atoms with Crippen molar-refractivity contribution < 1.29 is 14.4 Å². The SMILES string of the molecule is CCc1ccc([C@H](C)NC(=O)CCCN2C(=O)NC(C)(C)C2=O)cc1. The van der Waals surface area contributed by atoms with Gasteiger partial charge in [-0.05, 0) is 44.7 Å². The van der Waals surface area contributed by atoms with E-state index in [2.05, 4.69) is 29.7 Å². The van der Waals surface area contributed by atoms with Gasteiger partial charge in [0.15, 0.2) is 0 Å². The molecule has 2 N–H and O–H groups in total. The molecule has 1 aliphatic rings. The molecule has 0 bridgehead atoms. The summed E-state index contributed by atoms with van der Waals surface area (Å²) in [7, 11) is 0. The van der Waals surface area contributed by atoms with Gasteiger partial charge >= 0.3 is 6.03 Å². The molecule has 2 rings (SSSR count). The Labute approximate surface area is 149 Å². The van der Waals surface area contributed by atoms with Gasteiger partial charge in [-0.15, -0.1) is 0 Å². The molecule has 1 aromatic carbocycles. The van der Waals surface area contributed by atoms with Crippen molar-refractivity contribution in [2.45, 2.75) is 58.5 Å². The molecule has 136 valence electrons. The predicted molar refractivity (Wildman–Crippen MR) is 95.9 cm³/mol. The van der Waals surface area contributed by atoms with Gasteiger partial charge in [0, 0.05) is 13.0 Å². The first-order chi connectivity index (χ1) is 11.7. The molecule has 0 aliphatic carbocycles. The van der Waals surface area contributed by atoms with E-state index in [-0.39, 0.29) is 36.9 Å². The van der Waals surface area contributed by atoms with Crippen LogP contribution in [0.25, 0.3) is 0 Å². The normalized spacial score (nSPS) is 17.4. The number of imide groups is 1. The number of amides is 4. The lowest BCUT2D eigenvalue weighted by molar-refractivity contribution is -0.130. The number of hydrogen-bond acceptors (Lipinski definition) is 3. The quantitative estimate of drug-likeness (QED) is 0.746. The van der Waals surface area contributed by atoms with Crippen LogP contribution < -0.4 is 10.6 Å². The second-order valence-corrected chi connectivity index (χ2v) is 7.00. The smallest absolute Gasteiger partial charge is 0.325 e. The Bertz CT molecular complexity index is 652. The van der Waals surface area contributed by atoms with Gasteiger partial charge in [-0.2, -0.15) is 0 Å². The molecule has 6 heteroatoms. The third-order valence-electron chi connectivity index (χ3n) is 4.50. The maximum atomic E-state index is 12.1. The summed E-state index contributed by atoms with van der Waals surface area (Å²) in [5.41, 5.74) is 1.46. The number of rotatable bonds is 7. The van der Waals surface area contributed by atoms with Gasteiger partial charge in [0.05, 0.1) is 6.04 Å². The van der Waals surface area contributed by atoms with Crippen LogP contribution >= 0.6 is 0 Å². The van der Waals surface area contributed by atoms with Crippen LogP contribution in [0.2, 0.25) is 0 Å². The van der Waals surface area contributed by atoms with Crippen molar-refractivity contribution >= 4 is 17.8 Å². The second kappa shape index (κ2) is 7.68. The van der Waals surface area contributed by atoms with Gasteiger partial charge in [-0.3, -0.25) is 14.5 Å². The largest absolute Gasteiger partial charge is 0.350 e. The van der Waals surface area contributed by atoms with Crippen LogP contribution in [-0.2, 0) is 16.0 Å². The first-order valence-electron chi connectivity index (χ1n) is 8.77. The third kappa shape index (κ3) is 4.59. The molecular formula is C19H27N3O3. The number of benzene rings is 1. The molecule has 1 aliphatic heterocycles. The van der Waals surface area contributed by atoms with E-state index in [0.29, 0.717) is 6.42 Å². The van der Waals surface area contributed by atoms with Gasteiger partial charge in [0.2, 0.25) is 5.91 Å². The number of urea groups is 1.